The van der Waals surface area contributed by atoms with Gasteiger partial charge in [0.2, 0.25) is 0 Å². The number of H-pyrrole nitrogens is 1. The lowest BCUT2D eigenvalue weighted by Gasteiger charge is -2.10. The fourth-order valence-electron chi connectivity index (χ4n) is 2.15. The summed E-state index contributed by atoms with van der Waals surface area (Å²) in [4.78, 5) is 3.26. The van der Waals surface area contributed by atoms with Crippen molar-refractivity contribution in [3.63, 3.8) is 0 Å². The van der Waals surface area contributed by atoms with Gasteiger partial charge in [0.1, 0.15) is 12.4 Å². The second-order valence-electron chi connectivity index (χ2n) is 4.55. The van der Waals surface area contributed by atoms with Gasteiger partial charge in [-0.2, -0.15) is 0 Å². The zero-order valence-corrected chi connectivity index (χ0v) is 12.8. The number of fused-ring (bicyclic) bond motifs is 1. The predicted octanol–water partition coefficient (Wildman–Crippen LogP) is 4.66. The van der Waals surface area contributed by atoms with E-state index in [1.54, 1.807) is 0 Å². The van der Waals surface area contributed by atoms with Gasteiger partial charge in [-0.15, -0.1) is 0 Å². The summed E-state index contributed by atoms with van der Waals surface area (Å²) >= 11 is 2.38. The molecule has 2 nitrogen and oxygen atoms in total. The molecule has 19 heavy (non-hydrogen) atoms. The molecule has 0 aliphatic carbocycles. The number of aromatic nitrogens is 1. The summed E-state index contributed by atoms with van der Waals surface area (Å²) in [7, 11) is 0. The van der Waals surface area contributed by atoms with E-state index < -0.39 is 0 Å². The molecule has 3 rings (SSSR count). The van der Waals surface area contributed by atoms with E-state index in [9.17, 15) is 0 Å². The van der Waals surface area contributed by atoms with Gasteiger partial charge in [-0.1, -0.05) is 30.3 Å². The summed E-state index contributed by atoms with van der Waals surface area (Å²) in [5.41, 5.74) is 3.50. The maximum absolute atomic E-state index is 5.96. The molecule has 0 fully saturated rings. The lowest BCUT2D eigenvalue weighted by molar-refractivity contribution is 0.309. The predicted molar refractivity (Wildman–Crippen MR) is 86.5 cm³/mol. The molecule has 0 aliphatic heterocycles. The van der Waals surface area contributed by atoms with Gasteiger partial charge in [0, 0.05) is 15.2 Å². The minimum atomic E-state index is 0.592. The molecule has 2 aromatic carbocycles. The number of rotatable bonds is 3. The first-order chi connectivity index (χ1) is 9.25. The Balaban J connectivity index is 1.93. The Morgan fingerprint density at radius 1 is 1.16 bits per heavy atom. The van der Waals surface area contributed by atoms with Crippen LogP contribution >= 0.6 is 22.6 Å². The van der Waals surface area contributed by atoms with Crippen molar-refractivity contribution in [3.8, 4) is 5.75 Å². The molecule has 0 atom stereocenters. The third kappa shape index (κ3) is 2.47. The van der Waals surface area contributed by atoms with Gasteiger partial charge < -0.3 is 9.72 Å². The molecule has 0 radical (unpaired) electrons. The Kier molecular flexibility index (Phi) is 3.46. The topological polar surface area (TPSA) is 25.0 Å². The Morgan fingerprint density at radius 2 is 1.95 bits per heavy atom. The van der Waals surface area contributed by atoms with Crippen molar-refractivity contribution in [1.29, 1.82) is 0 Å². The first-order valence-corrected chi connectivity index (χ1v) is 7.26. The van der Waals surface area contributed by atoms with Crippen LogP contribution in [-0.4, -0.2) is 4.98 Å². The number of hydrogen-bond donors (Lipinski definition) is 1. The normalized spacial score (nSPS) is 10.8. The van der Waals surface area contributed by atoms with Crippen molar-refractivity contribution in [1.82, 2.24) is 4.98 Å². The fraction of sp³-hybridized carbons (Fsp3) is 0.125. The molecular formula is C16H14INO. The second kappa shape index (κ2) is 5.25. The summed E-state index contributed by atoms with van der Waals surface area (Å²) in [6.45, 7) is 2.71. The van der Waals surface area contributed by atoms with E-state index >= 15 is 0 Å². The molecule has 1 N–H and O–H groups in total. The Hall–Kier alpha value is -1.49. The van der Waals surface area contributed by atoms with Crippen LogP contribution in [0.15, 0.2) is 48.7 Å². The smallest absolute Gasteiger partial charge is 0.144 e. The molecule has 0 saturated carbocycles. The zero-order valence-electron chi connectivity index (χ0n) is 10.6. The van der Waals surface area contributed by atoms with Crippen molar-refractivity contribution in [3.05, 3.63) is 63.4 Å². The number of hydrogen-bond acceptors (Lipinski definition) is 1. The summed E-state index contributed by atoms with van der Waals surface area (Å²) in [6, 6.07) is 14.4. The van der Waals surface area contributed by atoms with Crippen molar-refractivity contribution >= 4 is 33.5 Å². The monoisotopic (exact) mass is 363 g/mol. The summed E-state index contributed by atoms with van der Waals surface area (Å²) in [6.07, 6.45) is 1.96. The molecule has 0 spiro atoms. The number of halogens is 1. The third-order valence-corrected chi connectivity index (χ3v) is 4.59. The third-order valence-electron chi connectivity index (χ3n) is 3.16. The van der Waals surface area contributed by atoms with Crippen LogP contribution in [0.3, 0.4) is 0 Å². The maximum Gasteiger partial charge on any atom is 0.144 e. The van der Waals surface area contributed by atoms with Crippen LogP contribution in [0.1, 0.15) is 11.1 Å². The van der Waals surface area contributed by atoms with Crippen molar-refractivity contribution < 1.29 is 4.74 Å². The van der Waals surface area contributed by atoms with Crippen LogP contribution in [0.4, 0.5) is 0 Å². The molecule has 3 aromatic rings. The molecule has 0 bridgehead atoms. The lowest BCUT2D eigenvalue weighted by atomic mass is 10.1. The molecule has 0 amide bonds. The van der Waals surface area contributed by atoms with Crippen LogP contribution in [0.2, 0.25) is 0 Å². The van der Waals surface area contributed by atoms with Crippen molar-refractivity contribution in [2.75, 3.05) is 0 Å². The molecular weight excluding hydrogens is 349 g/mol. The standard InChI is InChI=1S/C16H14INO/c1-11-9-14(16-13(15(11)17)7-8-18-16)19-10-12-5-3-2-4-6-12/h2-9,18H,10H2,1H3. The minimum absolute atomic E-state index is 0.592. The molecule has 1 aromatic heterocycles. The first kappa shape index (κ1) is 12.5. The number of nitrogens with one attached hydrogen (secondary N) is 1. The summed E-state index contributed by atoms with van der Waals surface area (Å²) in [5.74, 6) is 0.918. The first-order valence-electron chi connectivity index (χ1n) is 6.18. The average molecular weight is 363 g/mol. The van der Waals surface area contributed by atoms with Gasteiger partial charge >= 0.3 is 0 Å². The van der Waals surface area contributed by atoms with Gasteiger partial charge in [0.05, 0.1) is 5.52 Å². The number of aromatic amines is 1. The quantitative estimate of drug-likeness (QED) is 0.673. The van der Waals surface area contributed by atoms with Crippen molar-refractivity contribution in [2.45, 2.75) is 13.5 Å². The maximum atomic E-state index is 5.96. The van der Waals surface area contributed by atoms with E-state index in [4.69, 9.17) is 4.74 Å². The van der Waals surface area contributed by atoms with Gasteiger partial charge in [-0.05, 0) is 52.8 Å². The van der Waals surface area contributed by atoms with E-state index in [1.165, 1.54) is 20.1 Å². The highest BCUT2D eigenvalue weighted by molar-refractivity contribution is 14.1. The Labute approximate surface area is 125 Å². The number of ether oxygens (including phenoxy) is 1. The highest BCUT2D eigenvalue weighted by atomic mass is 127. The summed E-state index contributed by atoms with van der Waals surface area (Å²) in [5, 5.41) is 1.23. The van der Waals surface area contributed by atoms with E-state index in [0.29, 0.717) is 6.61 Å². The average Bonchev–Trinajstić information content (AvgIpc) is 2.92. The highest BCUT2D eigenvalue weighted by Gasteiger charge is 2.09. The van der Waals surface area contributed by atoms with E-state index in [-0.39, 0.29) is 0 Å². The highest BCUT2D eigenvalue weighted by Crippen LogP contribution is 2.31. The van der Waals surface area contributed by atoms with Gasteiger partial charge in [-0.3, -0.25) is 0 Å². The summed E-state index contributed by atoms with van der Waals surface area (Å²) < 4.78 is 7.24. The van der Waals surface area contributed by atoms with Crippen LogP contribution in [0, 0.1) is 10.5 Å². The molecule has 1 heterocycles. The molecule has 0 saturated heterocycles. The van der Waals surface area contributed by atoms with E-state index in [1.807, 2.05) is 24.4 Å². The van der Waals surface area contributed by atoms with Crippen LogP contribution in [0.5, 0.6) is 5.75 Å². The van der Waals surface area contributed by atoms with Gasteiger partial charge in [0.25, 0.3) is 0 Å². The van der Waals surface area contributed by atoms with E-state index in [2.05, 4.69) is 58.8 Å². The van der Waals surface area contributed by atoms with Crippen molar-refractivity contribution in [2.24, 2.45) is 0 Å². The van der Waals surface area contributed by atoms with Crippen LogP contribution in [0.25, 0.3) is 10.9 Å². The molecule has 96 valence electrons. The second-order valence-corrected chi connectivity index (χ2v) is 5.62. The zero-order chi connectivity index (χ0) is 13.2. The van der Waals surface area contributed by atoms with E-state index in [0.717, 1.165) is 11.3 Å². The lowest BCUT2D eigenvalue weighted by Crippen LogP contribution is -1.97. The number of benzene rings is 2. The SMILES string of the molecule is Cc1cc(OCc2ccccc2)c2[nH]ccc2c1I. The largest absolute Gasteiger partial charge is 0.487 e. The molecule has 0 aliphatic rings. The number of aryl methyl sites for hydroxylation is 1. The van der Waals surface area contributed by atoms with Crippen LogP contribution < -0.4 is 4.74 Å². The Bertz CT molecular complexity index is 703. The van der Waals surface area contributed by atoms with Crippen LogP contribution in [-0.2, 0) is 6.61 Å². The minimum Gasteiger partial charge on any atom is -0.487 e. The Morgan fingerprint density at radius 3 is 2.74 bits per heavy atom. The molecule has 0 unspecified atom stereocenters. The molecule has 3 heteroatoms. The van der Waals surface area contributed by atoms with Gasteiger partial charge in [-0.25, -0.2) is 0 Å². The fourth-order valence-corrected chi connectivity index (χ4v) is 2.76. The van der Waals surface area contributed by atoms with Gasteiger partial charge in [0.15, 0.2) is 0 Å².